The van der Waals surface area contributed by atoms with E-state index in [4.69, 9.17) is 11.6 Å². The first-order valence-electron chi connectivity index (χ1n) is 14.3. The van der Waals surface area contributed by atoms with Gasteiger partial charge in [-0.05, 0) is 66.4 Å². The Morgan fingerprint density at radius 1 is 0.886 bits per heavy atom. The van der Waals surface area contributed by atoms with E-state index in [0.717, 1.165) is 31.9 Å². The number of amides is 2. The Morgan fingerprint density at radius 2 is 1.55 bits per heavy atom. The molecule has 0 aliphatic rings. The molecule has 4 aromatic carbocycles. The summed E-state index contributed by atoms with van der Waals surface area (Å²) in [7, 11) is -4.19. The Kier molecular flexibility index (Phi) is 11.6. The van der Waals surface area contributed by atoms with Gasteiger partial charge in [-0.2, -0.15) is 0 Å². The number of hydrogen-bond acceptors (Lipinski definition) is 4. The van der Waals surface area contributed by atoms with Gasteiger partial charge < -0.3 is 10.2 Å². The number of nitrogens with one attached hydrogen (secondary N) is 1. The van der Waals surface area contributed by atoms with Gasteiger partial charge >= 0.3 is 0 Å². The molecule has 0 radical (unpaired) electrons. The third-order valence-corrected chi connectivity index (χ3v) is 9.80. The van der Waals surface area contributed by atoms with E-state index in [2.05, 4.69) is 21.2 Å². The van der Waals surface area contributed by atoms with Crippen LogP contribution in [-0.2, 0) is 32.6 Å². The number of carbonyl (C=O) groups excluding carboxylic acids is 2. The van der Waals surface area contributed by atoms with Crippen LogP contribution in [0.5, 0.6) is 0 Å². The second-order valence-electron chi connectivity index (χ2n) is 10.4. The van der Waals surface area contributed by atoms with Gasteiger partial charge in [0.15, 0.2) is 0 Å². The maximum atomic E-state index is 14.5. The quantitative estimate of drug-likeness (QED) is 0.167. The molecule has 0 unspecified atom stereocenters. The molecule has 1 atom stereocenters. The number of sulfonamides is 1. The minimum atomic E-state index is -4.19. The van der Waals surface area contributed by atoms with E-state index in [1.54, 1.807) is 36.4 Å². The zero-order valence-electron chi connectivity index (χ0n) is 24.6. The second-order valence-corrected chi connectivity index (χ2v) is 13.6. The van der Waals surface area contributed by atoms with Crippen LogP contribution in [0.4, 0.5) is 5.69 Å². The van der Waals surface area contributed by atoms with Crippen LogP contribution in [0.2, 0.25) is 5.02 Å². The monoisotopic (exact) mass is 695 g/mol. The van der Waals surface area contributed by atoms with Gasteiger partial charge in [0.05, 0.1) is 10.6 Å². The van der Waals surface area contributed by atoms with Gasteiger partial charge in [-0.1, -0.05) is 101 Å². The van der Waals surface area contributed by atoms with Crippen molar-refractivity contribution in [1.82, 2.24) is 10.2 Å². The second kappa shape index (κ2) is 15.4. The van der Waals surface area contributed by atoms with Crippen molar-refractivity contribution in [3.05, 3.63) is 129 Å². The van der Waals surface area contributed by atoms with Crippen LogP contribution in [0.15, 0.2) is 112 Å². The van der Waals surface area contributed by atoms with Crippen molar-refractivity contribution < 1.29 is 18.0 Å². The summed E-state index contributed by atoms with van der Waals surface area (Å²) >= 11 is 9.93. The van der Waals surface area contributed by atoms with E-state index in [0.29, 0.717) is 11.6 Å². The van der Waals surface area contributed by atoms with E-state index in [1.807, 2.05) is 68.4 Å². The minimum absolute atomic E-state index is 0.0320. The van der Waals surface area contributed by atoms with Crippen molar-refractivity contribution in [1.29, 1.82) is 0 Å². The Labute approximate surface area is 273 Å². The van der Waals surface area contributed by atoms with Crippen LogP contribution in [0.25, 0.3) is 0 Å². The molecule has 0 aliphatic heterocycles. The number of nitrogens with zero attached hydrogens (tertiary/aromatic N) is 2. The topological polar surface area (TPSA) is 86.8 Å². The lowest BCUT2D eigenvalue weighted by atomic mass is 10.0. The third-order valence-electron chi connectivity index (χ3n) is 7.12. The molecule has 10 heteroatoms. The van der Waals surface area contributed by atoms with E-state index < -0.39 is 28.5 Å². The van der Waals surface area contributed by atoms with Gasteiger partial charge in [-0.3, -0.25) is 13.9 Å². The first-order valence-corrected chi connectivity index (χ1v) is 16.9. The summed E-state index contributed by atoms with van der Waals surface area (Å²) < 4.78 is 30.0. The van der Waals surface area contributed by atoms with Gasteiger partial charge in [0.25, 0.3) is 10.0 Å². The lowest BCUT2D eigenvalue weighted by Gasteiger charge is -2.34. The fraction of sp³-hybridized carbons (Fsp3) is 0.235. The first kappa shape index (κ1) is 33.2. The maximum Gasteiger partial charge on any atom is 0.264 e. The molecule has 0 spiro atoms. The molecule has 0 aromatic heterocycles. The molecule has 0 saturated carbocycles. The summed E-state index contributed by atoms with van der Waals surface area (Å²) in [6.07, 6.45) is 0.971. The predicted molar refractivity (Wildman–Crippen MR) is 179 cm³/mol. The highest BCUT2D eigenvalue weighted by atomic mass is 79.9. The van der Waals surface area contributed by atoms with Crippen LogP contribution in [0.1, 0.15) is 30.0 Å². The highest BCUT2D eigenvalue weighted by molar-refractivity contribution is 9.10. The summed E-state index contributed by atoms with van der Waals surface area (Å²) in [6, 6.07) is 28.9. The van der Waals surface area contributed by atoms with E-state index in [1.165, 1.54) is 17.0 Å². The summed E-state index contributed by atoms with van der Waals surface area (Å²) in [5.74, 6) is -0.844. The van der Waals surface area contributed by atoms with Gasteiger partial charge in [0.1, 0.15) is 12.6 Å². The van der Waals surface area contributed by atoms with Crippen LogP contribution in [0, 0.1) is 6.92 Å². The highest BCUT2D eigenvalue weighted by Gasteiger charge is 2.34. The summed E-state index contributed by atoms with van der Waals surface area (Å²) in [5, 5.41) is 3.32. The normalized spacial score (nSPS) is 11.9. The van der Waals surface area contributed by atoms with Crippen molar-refractivity contribution in [2.45, 2.75) is 44.2 Å². The first-order chi connectivity index (χ1) is 21.1. The lowest BCUT2D eigenvalue weighted by Crippen LogP contribution is -2.53. The van der Waals surface area contributed by atoms with Crippen molar-refractivity contribution in [3.8, 4) is 0 Å². The Balaban J connectivity index is 1.81. The van der Waals surface area contributed by atoms with Crippen molar-refractivity contribution >= 4 is 55.1 Å². The van der Waals surface area contributed by atoms with Crippen molar-refractivity contribution in [2.24, 2.45) is 0 Å². The summed E-state index contributed by atoms with van der Waals surface area (Å²) in [4.78, 5) is 29.7. The zero-order valence-corrected chi connectivity index (χ0v) is 27.8. The molecule has 7 nitrogen and oxygen atoms in total. The summed E-state index contributed by atoms with van der Waals surface area (Å²) in [5.41, 5.74) is 2.67. The Hall–Kier alpha value is -3.66. The van der Waals surface area contributed by atoms with E-state index >= 15 is 0 Å². The Morgan fingerprint density at radius 3 is 2.18 bits per heavy atom. The SMILES string of the molecule is CCCNC(=O)[C@H](Cc1ccccc1)N(Cc1cccc(Br)c1)C(=O)CN(c1ccc(C)c(Cl)c1)S(=O)(=O)c1ccccc1. The van der Waals surface area contributed by atoms with Gasteiger partial charge in [0, 0.05) is 29.0 Å². The van der Waals surface area contributed by atoms with Crippen molar-refractivity contribution in [3.63, 3.8) is 0 Å². The van der Waals surface area contributed by atoms with Gasteiger partial charge in [-0.25, -0.2) is 8.42 Å². The number of aryl methyl sites for hydroxylation is 1. The largest absolute Gasteiger partial charge is 0.354 e. The number of rotatable bonds is 13. The standard InChI is InChI=1S/C34H35BrClN3O4S/c1-3-19-37-34(41)32(21-26-11-6-4-7-12-26)38(23-27-13-10-14-28(35)20-27)33(40)24-39(29-18-17-25(2)31(36)22-29)44(42,43)30-15-8-5-9-16-30/h4-18,20,22,32H,3,19,21,23-24H2,1-2H3,(H,37,41)/t32-/m0/s1. The van der Waals surface area contributed by atoms with E-state index in [-0.39, 0.29) is 29.5 Å². The van der Waals surface area contributed by atoms with Gasteiger partial charge in [-0.15, -0.1) is 0 Å². The highest BCUT2D eigenvalue weighted by Crippen LogP contribution is 2.29. The Bertz CT molecular complexity index is 1690. The van der Waals surface area contributed by atoms with Crippen LogP contribution < -0.4 is 9.62 Å². The molecule has 44 heavy (non-hydrogen) atoms. The predicted octanol–water partition coefficient (Wildman–Crippen LogP) is 6.77. The minimum Gasteiger partial charge on any atom is -0.354 e. The third kappa shape index (κ3) is 8.49. The number of benzene rings is 4. The van der Waals surface area contributed by atoms with Crippen LogP contribution in [-0.4, -0.2) is 44.3 Å². The molecule has 1 N–H and O–H groups in total. The number of halogens is 2. The molecule has 0 aliphatic carbocycles. The number of hydrogen-bond donors (Lipinski definition) is 1. The van der Waals surface area contributed by atoms with E-state index in [9.17, 15) is 18.0 Å². The van der Waals surface area contributed by atoms with Crippen molar-refractivity contribution in [2.75, 3.05) is 17.4 Å². The number of anilines is 1. The molecule has 0 heterocycles. The zero-order chi connectivity index (χ0) is 31.7. The molecule has 4 rings (SSSR count). The molecule has 0 fully saturated rings. The molecule has 2 amide bonds. The van der Waals surface area contributed by atoms with Gasteiger partial charge in [0.2, 0.25) is 11.8 Å². The molecular weight excluding hydrogens is 662 g/mol. The lowest BCUT2D eigenvalue weighted by molar-refractivity contribution is -0.140. The molecule has 0 saturated heterocycles. The van der Waals surface area contributed by atoms with Crippen LogP contribution >= 0.6 is 27.5 Å². The smallest absolute Gasteiger partial charge is 0.264 e. The molecular formula is C34H35BrClN3O4S. The average molecular weight is 697 g/mol. The fourth-order valence-electron chi connectivity index (χ4n) is 4.74. The average Bonchev–Trinajstić information content (AvgIpc) is 3.02. The number of carbonyl (C=O) groups is 2. The molecule has 0 bridgehead atoms. The summed E-state index contributed by atoms with van der Waals surface area (Å²) in [6.45, 7) is 3.76. The molecule has 230 valence electrons. The fourth-order valence-corrected chi connectivity index (χ4v) is 6.79. The van der Waals surface area contributed by atoms with Crippen LogP contribution in [0.3, 0.4) is 0 Å². The maximum absolute atomic E-state index is 14.5. The molecule has 4 aromatic rings.